The lowest BCUT2D eigenvalue weighted by atomic mass is 10.0. The maximum atomic E-state index is 12.5. The van der Waals surface area contributed by atoms with Gasteiger partial charge in [-0.2, -0.15) is 0 Å². The predicted molar refractivity (Wildman–Crippen MR) is 108 cm³/mol. The summed E-state index contributed by atoms with van der Waals surface area (Å²) in [6, 6.07) is 15.2. The van der Waals surface area contributed by atoms with Crippen LogP contribution in [0.3, 0.4) is 0 Å². The summed E-state index contributed by atoms with van der Waals surface area (Å²) in [4.78, 5) is 24.2. The first kappa shape index (κ1) is 19.2. The minimum Gasteiger partial charge on any atom is -0.378 e. The minimum absolute atomic E-state index is 0.167. The number of carbonyl (C=O) groups is 2. The Morgan fingerprint density at radius 1 is 1.14 bits per heavy atom. The van der Waals surface area contributed by atoms with Gasteiger partial charge in [0, 0.05) is 29.2 Å². The third kappa shape index (κ3) is 3.87. The number of amides is 2. The molecule has 150 valence electrons. The van der Waals surface area contributed by atoms with Gasteiger partial charge >= 0.3 is 0 Å². The number of aromatic nitrogens is 1. The van der Waals surface area contributed by atoms with E-state index in [9.17, 15) is 9.59 Å². The van der Waals surface area contributed by atoms with E-state index in [1.54, 1.807) is 17.6 Å². The molecule has 0 spiro atoms. The SMILES string of the molecule is Cc1cn(Cc2ccc(C(=O)N[C@@H]3COC[C@@H]3C(=O)NO)cc2)c2ccccc12. The van der Waals surface area contributed by atoms with Crippen LogP contribution in [0.4, 0.5) is 0 Å². The molecule has 0 radical (unpaired) electrons. The van der Waals surface area contributed by atoms with Crippen molar-refractivity contribution in [1.82, 2.24) is 15.4 Å². The fourth-order valence-corrected chi connectivity index (χ4v) is 3.81. The van der Waals surface area contributed by atoms with E-state index >= 15 is 0 Å². The standard InChI is InChI=1S/C22H23N3O4/c1-14-10-25(20-5-3-2-4-17(14)20)11-15-6-8-16(9-7-15)21(26)23-19-13-29-12-18(19)22(27)24-28/h2-10,18-19,28H,11-13H2,1H3,(H,23,26)(H,24,27)/t18-,19+/m0/s1. The fraction of sp³-hybridized carbons (Fsp3) is 0.273. The highest BCUT2D eigenvalue weighted by atomic mass is 16.5. The minimum atomic E-state index is -0.603. The van der Waals surface area contributed by atoms with Crippen LogP contribution < -0.4 is 10.8 Å². The summed E-state index contributed by atoms with van der Waals surface area (Å²) in [6.07, 6.45) is 2.14. The van der Waals surface area contributed by atoms with E-state index in [0.29, 0.717) is 12.1 Å². The van der Waals surface area contributed by atoms with Gasteiger partial charge in [-0.1, -0.05) is 30.3 Å². The molecule has 3 aromatic rings. The molecule has 1 aromatic heterocycles. The summed E-state index contributed by atoms with van der Waals surface area (Å²) in [7, 11) is 0. The van der Waals surface area contributed by atoms with Gasteiger partial charge in [-0.15, -0.1) is 0 Å². The molecule has 1 fully saturated rings. The van der Waals surface area contributed by atoms with Crippen LogP contribution in [0.2, 0.25) is 0 Å². The Morgan fingerprint density at radius 3 is 2.66 bits per heavy atom. The number of nitrogens with zero attached hydrogens (tertiary/aromatic N) is 1. The largest absolute Gasteiger partial charge is 0.378 e. The fourth-order valence-electron chi connectivity index (χ4n) is 3.81. The summed E-state index contributed by atoms with van der Waals surface area (Å²) in [5.41, 5.74) is 5.64. The molecule has 7 heteroatoms. The van der Waals surface area contributed by atoms with Crippen LogP contribution in [0.15, 0.2) is 54.7 Å². The van der Waals surface area contributed by atoms with E-state index in [2.05, 4.69) is 35.1 Å². The number of aryl methyl sites for hydroxylation is 1. The first-order valence-corrected chi connectivity index (χ1v) is 9.53. The van der Waals surface area contributed by atoms with Gasteiger partial charge in [-0.3, -0.25) is 14.8 Å². The van der Waals surface area contributed by atoms with E-state index in [1.165, 1.54) is 16.5 Å². The number of ether oxygens (including phenoxy) is 1. The van der Waals surface area contributed by atoms with Gasteiger partial charge in [0.25, 0.3) is 11.8 Å². The second-order valence-electron chi connectivity index (χ2n) is 7.35. The number of hydroxylamine groups is 1. The summed E-state index contributed by atoms with van der Waals surface area (Å²) in [5.74, 6) is -1.43. The molecule has 0 unspecified atom stereocenters. The molecule has 3 N–H and O–H groups in total. The molecule has 2 heterocycles. The molecular formula is C22H23N3O4. The molecular weight excluding hydrogens is 370 g/mol. The Hall–Kier alpha value is -3.16. The zero-order valence-corrected chi connectivity index (χ0v) is 16.1. The summed E-state index contributed by atoms with van der Waals surface area (Å²) in [5, 5.41) is 12.9. The van der Waals surface area contributed by atoms with Gasteiger partial charge in [0.05, 0.1) is 25.2 Å². The Bertz CT molecular complexity index is 1040. The highest BCUT2D eigenvalue weighted by molar-refractivity contribution is 5.95. The highest BCUT2D eigenvalue weighted by Gasteiger charge is 2.35. The lowest BCUT2D eigenvalue weighted by molar-refractivity contribution is -0.133. The van der Waals surface area contributed by atoms with Crippen LogP contribution >= 0.6 is 0 Å². The molecule has 1 aliphatic heterocycles. The maximum absolute atomic E-state index is 12.5. The smallest absolute Gasteiger partial charge is 0.251 e. The highest BCUT2D eigenvalue weighted by Crippen LogP contribution is 2.22. The van der Waals surface area contributed by atoms with Crippen LogP contribution in [0.25, 0.3) is 10.9 Å². The van der Waals surface area contributed by atoms with Crippen LogP contribution in [-0.4, -0.2) is 40.8 Å². The lowest BCUT2D eigenvalue weighted by Crippen LogP contribution is -2.45. The number of fused-ring (bicyclic) bond motifs is 1. The van der Waals surface area contributed by atoms with Gasteiger partial charge in [-0.05, 0) is 36.2 Å². The van der Waals surface area contributed by atoms with E-state index in [1.807, 2.05) is 24.3 Å². The molecule has 0 aliphatic carbocycles. The van der Waals surface area contributed by atoms with Gasteiger partial charge in [0.2, 0.25) is 0 Å². The van der Waals surface area contributed by atoms with E-state index < -0.39 is 17.9 Å². The molecule has 2 aromatic carbocycles. The topological polar surface area (TPSA) is 92.6 Å². The number of nitrogens with one attached hydrogen (secondary N) is 2. The monoisotopic (exact) mass is 393 g/mol. The number of rotatable bonds is 5. The van der Waals surface area contributed by atoms with Crippen molar-refractivity contribution >= 4 is 22.7 Å². The third-order valence-electron chi connectivity index (χ3n) is 5.40. The number of para-hydroxylation sites is 1. The van der Waals surface area contributed by atoms with Gasteiger partial charge < -0.3 is 14.6 Å². The van der Waals surface area contributed by atoms with Crippen molar-refractivity contribution < 1.29 is 19.5 Å². The molecule has 0 bridgehead atoms. The third-order valence-corrected chi connectivity index (χ3v) is 5.40. The molecule has 4 rings (SSSR count). The predicted octanol–water partition coefficient (Wildman–Crippen LogP) is 2.25. The molecule has 2 atom stereocenters. The molecule has 1 aliphatic rings. The number of benzene rings is 2. The average Bonchev–Trinajstić information content (AvgIpc) is 3.33. The van der Waals surface area contributed by atoms with Crippen molar-refractivity contribution in [3.63, 3.8) is 0 Å². The lowest BCUT2D eigenvalue weighted by Gasteiger charge is -2.17. The molecule has 2 amide bonds. The van der Waals surface area contributed by atoms with Crippen molar-refractivity contribution in [2.45, 2.75) is 19.5 Å². The summed E-state index contributed by atoms with van der Waals surface area (Å²) in [6.45, 7) is 3.22. The normalized spacial score (nSPS) is 18.7. The zero-order valence-electron chi connectivity index (χ0n) is 16.1. The Labute approximate surface area is 168 Å². The molecule has 7 nitrogen and oxygen atoms in total. The van der Waals surface area contributed by atoms with Crippen molar-refractivity contribution in [2.24, 2.45) is 5.92 Å². The van der Waals surface area contributed by atoms with Crippen molar-refractivity contribution in [3.8, 4) is 0 Å². The first-order chi connectivity index (χ1) is 14.1. The average molecular weight is 393 g/mol. The van der Waals surface area contributed by atoms with Crippen LogP contribution in [-0.2, 0) is 16.1 Å². The number of hydrogen-bond acceptors (Lipinski definition) is 4. The summed E-state index contributed by atoms with van der Waals surface area (Å²) < 4.78 is 7.46. The second kappa shape index (κ2) is 8.06. The quantitative estimate of drug-likeness (QED) is 0.458. The maximum Gasteiger partial charge on any atom is 0.251 e. The van der Waals surface area contributed by atoms with E-state index in [-0.39, 0.29) is 19.1 Å². The Morgan fingerprint density at radius 2 is 1.90 bits per heavy atom. The first-order valence-electron chi connectivity index (χ1n) is 9.53. The number of hydrogen-bond donors (Lipinski definition) is 3. The van der Waals surface area contributed by atoms with Crippen LogP contribution in [0.1, 0.15) is 21.5 Å². The van der Waals surface area contributed by atoms with E-state index in [4.69, 9.17) is 9.94 Å². The van der Waals surface area contributed by atoms with Crippen LogP contribution in [0.5, 0.6) is 0 Å². The second-order valence-corrected chi connectivity index (χ2v) is 7.35. The summed E-state index contributed by atoms with van der Waals surface area (Å²) >= 11 is 0. The van der Waals surface area contributed by atoms with Gasteiger partial charge in [0.1, 0.15) is 0 Å². The van der Waals surface area contributed by atoms with Crippen molar-refractivity contribution in [2.75, 3.05) is 13.2 Å². The van der Waals surface area contributed by atoms with Crippen molar-refractivity contribution in [3.05, 3.63) is 71.4 Å². The van der Waals surface area contributed by atoms with Crippen LogP contribution in [0, 0.1) is 12.8 Å². The number of carbonyl (C=O) groups excluding carboxylic acids is 2. The van der Waals surface area contributed by atoms with Gasteiger partial charge in [0.15, 0.2) is 0 Å². The zero-order chi connectivity index (χ0) is 20.4. The van der Waals surface area contributed by atoms with Gasteiger partial charge in [-0.25, -0.2) is 5.48 Å². The molecule has 29 heavy (non-hydrogen) atoms. The molecule has 1 saturated heterocycles. The Balaban J connectivity index is 1.45. The molecule has 0 saturated carbocycles. The van der Waals surface area contributed by atoms with E-state index in [0.717, 1.165) is 5.56 Å². The van der Waals surface area contributed by atoms with Crippen molar-refractivity contribution in [1.29, 1.82) is 0 Å². The Kier molecular flexibility index (Phi) is 5.33.